The average molecular weight is 500 g/mol. The minimum absolute atomic E-state index is 0.130. The summed E-state index contributed by atoms with van der Waals surface area (Å²) in [5.41, 5.74) is 2.89. The quantitative estimate of drug-likeness (QED) is 0.471. The molecule has 0 N–H and O–H groups in total. The number of amides is 1. The molecule has 0 unspecified atom stereocenters. The molecule has 1 amide bonds. The summed E-state index contributed by atoms with van der Waals surface area (Å²) in [4.78, 5) is 15.0. The van der Waals surface area contributed by atoms with Crippen molar-refractivity contribution in [1.82, 2.24) is 4.90 Å². The summed E-state index contributed by atoms with van der Waals surface area (Å²) in [6.45, 7) is 0.817. The van der Waals surface area contributed by atoms with Gasteiger partial charge in [0.15, 0.2) is 12.6 Å². The Bertz CT molecular complexity index is 1200. The van der Waals surface area contributed by atoms with Crippen LogP contribution in [0, 0.1) is 0 Å². The number of carbonyl (C=O) groups is 1. The smallest absolute Gasteiger partial charge is 0.248 e. The zero-order valence-electron chi connectivity index (χ0n) is 20.3. The molecule has 3 aliphatic heterocycles. The van der Waals surface area contributed by atoms with Crippen LogP contribution in [0.1, 0.15) is 23.0 Å². The predicted molar refractivity (Wildman–Crippen MR) is 136 cm³/mol. The van der Waals surface area contributed by atoms with Crippen LogP contribution < -0.4 is 0 Å². The molecular weight excluding hydrogens is 470 g/mol. The maximum atomic E-state index is 13.3. The molecule has 0 spiro atoms. The van der Waals surface area contributed by atoms with Crippen molar-refractivity contribution in [2.45, 2.75) is 43.5 Å². The highest BCUT2D eigenvalue weighted by atomic mass is 16.8. The average Bonchev–Trinajstić information content (AvgIpc) is 3.42. The first-order valence-corrected chi connectivity index (χ1v) is 12.5. The van der Waals surface area contributed by atoms with Crippen LogP contribution in [0.2, 0.25) is 0 Å². The van der Waals surface area contributed by atoms with Crippen LogP contribution in [0.3, 0.4) is 0 Å². The summed E-state index contributed by atoms with van der Waals surface area (Å²) in [5, 5.41) is 0. The third-order valence-electron chi connectivity index (χ3n) is 6.90. The molecule has 0 bridgehead atoms. The SMILES string of the molecule is O=C(/C=C/c1ccccc1)N1CO[C@@H]2[C@@H]3O[C@H](c4ccccc4)OC[C@H]3O[C@H](OCc3ccccc3)[C@@H]21. The number of carbonyl (C=O) groups excluding carboxylic acids is 1. The van der Waals surface area contributed by atoms with Crippen LogP contribution in [0.25, 0.3) is 6.08 Å². The van der Waals surface area contributed by atoms with Crippen molar-refractivity contribution < 1.29 is 28.5 Å². The lowest BCUT2D eigenvalue weighted by molar-refractivity contribution is -0.342. The molecule has 6 rings (SSSR count). The fourth-order valence-electron chi connectivity index (χ4n) is 5.04. The minimum Gasteiger partial charge on any atom is -0.353 e. The highest BCUT2D eigenvalue weighted by Gasteiger charge is 2.56. The lowest BCUT2D eigenvalue weighted by atomic mass is 9.95. The van der Waals surface area contributed by atoms with Gasteiger partial charge in [0.25, 0.3) is 0 Å². The molecule has 3 saturated heterocycles. The summed E-state index contributed by atoms with van der Waals surface area (Å²) >= 11 is 0. The Labute approximate surface area is 216 Å². The van der Waals surface area contributed by atoms with Gasteiger partial charge in [-0.3, -0.25) is 4.79 Å². The zero-order chi connectivity index (χ0) is 25.0. The Kier molecular flexibility index (Phi) is 7.12. The van der Waals surface area contributed by atoms with Crippen LogP contribution in [0.5, 0.6) is 0 Å². The molecule has 190 valence electrons. The lowest BCUT2D eigenvalue weighted by Gasteiger charge is -2.47. The molecule has 0 saturated carbocycles. The van der Waals surface area contributed by atoms with E-state index in [9.17, 15) is 4.79 Å². The normalized spacial score (nSPS) is 29.1. The highest BCUT2D eigenvalue weighted by molar-refractivity contribution is 5.92. The van der Waals surface area contributed by atoms with E-state index in [1.807, 2.05) is 91.0 Å². The maximum Gasteiger partial charge on any atom is 0.248 e. The van der Waals surface area contributed by atoms with Crippen molar-refractivity contribution in [3.63, 3.8) is 0 Å². The van der Waals surface area contributed by atoms with Crippen LogP contribution in [0.4, 0.5) is 0 Å². The van der Waals surface area contributed by atoms with Gasteiger partial charge in [-0.1, -0.05) is 91.0 Å². The van der Waals surface area contributed by atoms with Crippen molar-refractivity contribution in [2.24, 2.45) is 0 Å². The summed E-state index contributed by atoms with van der Waals surface area (Å²) in [5.74, 6) is -0.168. The van der Waals surface area contributed by atoms with Crippen molar-refractivity contribution >= 4 is 12.0 Å². The van der Waals surface area contributed by atoms with E-state index in [1.54, 1.807) is 17.1 Å². The summed E-state index contributed by atoms with van der Waals surface area (Å²) < 4.78 is 31.2. The molecule has 0 aliphatic carbocycles. The monoisotopic (exact) mass is 499 g/mol. The summed E-state index contributed by atoms with van der Waals surface area (Å²) in [6.07, 6.45) is 0.956. The molecule has 3 aromatic rings. The van der Waals surface area contributed by atoms with Gasteiger partial charge in [-0.2, -0.15) is 0 Å². The number of fused-ring (bicyclic) bond motifs is 3. The zero-order valence-corrected chi connectivity index (χ0v) is 20.3. The Morgan fingerprint density at radius 3 is 2.32 bits per heavy atom. The number of nitrogens with zero attached hydrogens (tertiary/aromatic N) is 1. The van der Waals surface area contributed by atoms with E-state index >= 15 is 0 Å². The largest absolute Gasteiger partial charge is 0.353 e. The standard InChI is InChI=1S/C30H29NO6/c32-25(17-16-21-10-4-1-5-11-21)31-20-35-28-26(31)30(33-18-22-12-6-2-7-13-22)36-24-19-34-29(37-27(24)28)23-14-8-3-9-15-23/h1-17,24,26-30H,18-20H2/b17-16+/t24-,26-,27-,28+,29-,30+/m1/s1. The number of ether oxygens (including phenoxy) is 5. The Morgan fingerprint density at radius 2 is 1.57 bits per heavy atom. The Hall–Kier alpha value is -3.33. The lowest BCUT2D eigenvalue weighted by Crippen LogP contribution is -2.64. The van der Waals surface area contributed by atoms with Gasteiger partial charge in [-0.25, -0.2) is 0 Å². The number of benzene rings is 3. The van der Waals surface area contributed by atoms with E-state index in [4.69, 9.17) is 23.7 Å². The summed E-state index contributed by atoms with van der Waals surface area (Å²) in [6, 6.07) is 28.9. The van der Waals surface area contributed by atoms with E-state index in [0.29, 0.717) is 13.2 Å². The van der Waals surface area contributed by atoms with E-state index in [0.717, 1.165) is 16.7 Å². The van der Waals surface area contributed by atoms with Gasteiger partial charge in [-0.05, 0) is 17.2 Å². The molecule has 7 heteroatoms. The third kappa shape index (κ3) is 5.23. The summed E-state index contributed by atoms with van der Waals surface area (Å²) in [7, 11) is 0. The molecule has 0 radical (unpaired) electrons. The van der Waals surface area contributed by atoms with Gasteiger partial charge in [0.1, 0.15) is 31.1 Å². The van der Waals surface area contributed by atoms with Crippen LogP contribution in [-0.4, -0.2) is 54.8 Å². The molecule has 3 aromatic carbocycles. The molecule has 3 fully saturated rings. The van der Waals surface area contributed by atoms with Gasteiger partial charge < -0.3 is 28.6 Å². The van der Waals surface area contributed by atoms with E-state index in [-0.39, 0.29) is 18.7 Å². The van der Waals surface area contributed by atoms with Crippen molar-refractivity contribution in [1.29, 1.82) is 0 Å². The molecule has 3 aliphatic rings. The molecule has 37 heavy (non-hydrogen) atoms. The molecule has 6 atom stereocenters. The first kappa shape index (κ1) is 24.0. The first-order valence-electron chi connectivity index (χ1n) is 12.5. The Morgan fingerprint density at radius 1 is 0.865 bits per heavy atom. The topological polar surface area (TPSA) is 66.5 Å². The fourth-order valence-corrected chi connectivity index (χ4v) is 5.04. The van der Waals surface area contributed by atoms with Crippen LogP contribution in [-0.2, 0) is 35.1 Å². The minimum atomic E-state index is -0.691. The predicted octanol–water partition coefficient (Wildman–Crippen LogP) is 4.31. The first-order chi connectivity index (χ1) is 18.3. The van der Waals surface area contributed by atoms with Crippen molar-refractivity contribution in [3.05, 3.63) is 114 Å². The molecule has 0 aromatic heterocycles. The third-order valence-corrected chi connectivity index (χ3v) is 6.90. The fraction of sp³-hybridized carbons (Fsp3) is 0.300. The van der Waals surface area contributed by atoms with E-state index in [1.165, 1.54) is 0 Å². The second kappa shape index (κ2) is 11.0. The second-order valence-electron chi connectivity index (χ2n) is 9.32. The van der Waals surface area contributed by atoms with Crippen LogP contribution in [0.15, 0.2) is 97.1 Å². The van der Waals surface area contributed by atoms with Crippen molar-refractivity contribution in [3.8, 4) is 0 Å². The van der Waals surface area contributed by atoms with Gasteiger partial charge >= 0.3 is 0 Å². The number of hydrogen-bond acceptors (Lipinski definition) is 6. The maximum absolute atomic E-state index is 13.3. The number of rotatable bonds is 6. The Balaban J connectivity index is 1.23. The second-order valence-corrected chi connectivity index (χ2v) is 9.32. The van der Waals surface area contributed by atoms with Crippen molar-refractivity contribution in [2.75, 3.05) is 13.3 Å². The van der Waals surface area contributed by atoms with Gasteiger partial charge in [0.2, 0.25) is 5.91 Å². The molecular formula is C30H29NO6. The van der Waals surface area contributed by atoms with E-state index in [2.05, 4.69) is 0 Å². The van der Waals surface area contributed by atoms with Gasteiger partial charge in [-0.15, -0.1) is 0 Å². The number of hydrogen-bond donors (Lipinski definition) is 0. The highest BCUT2D eigenvalue weighted by Crippen LogP contribution is 2.40. The van der Waals surface area contributed by atoms with Gasteiger partial charge in [0.05, 0.1) is 13.2 Å². The van der Waals surface area contributed by atoms with E-state index < -0.39 is 30.8 Å². The molecule has 3 heterocycles. The molecule has 7 nitrogen and oxygen atoms in total. The van der Waals surface area contributed by atoms with Crippen LogP contribution >= 0.6 is 0 Å². The van der Waals surface area contributed by atoms with Gasteiger partial charge in [0, 0.05) is 11.6 Å².